The van der Waals surface area contributed by atoms with Crippen molar-refractivity contribution in [3.63, 3.8) is 0 Å². The molecule has 1 aromatic rings. The van der Waals surface area contributed by atoms with Gasteiger partial charge in [-0.2, -0.15) is 0 Å². The highest BCUT2D eigenvalue weighted by atomic mass is 32.1. The highest BCUT2D eigenvalue weighted by Gasteiger charge is 2.18. The van der Waals surface area contributed by atoms with E-state index in [0.717, 1.165) is 37.8 Å². The van der Waals surface area contributed by atoms with Gasteiger partial charge in [-0.05, 0) is 30.3 Å². The summed E-state index contributed by atoms with van der Waals surface area (Å²) >= 11 is 5.44. The van der Waals surface area contributed by atoms with Gasteiger partial charge in [0, 0.05) is 38.4 Å². The number of hydrogen-bond acceptors (Lipinski definition) is 2. The lowest BCUT2D eigenvalue weighted by atomic mass is 10.2. The van der Waals surface area contributed by atoms with E-state index >= 15 is 0 Å². The Kier molecular flexibility index (Phi) is 5.02. The largest absolute Gasteiger partial charge is 0.368 e. The molecule has 0 radical (unpaired) electrons. The fourth-order valence-corrected chi connectivity index (χ4v) is 2.48. The van der Waals surface area contributed by atoms with Crippen molar-refractivity contribution in [3.05, 3.63) is 30.3 Å². The Hall–Kier alpha value is -1.29. The molecule has 0 bridgehead atoms. The van der Waals surface area contributed by atoms with Gasteiger partial charge < -0.3 is 15.1 Å². The van der Waals surface area contributed by atoms with Crippen LogP contribution in [0.2, 0.25) is 0 Å². The maximum absolute atomic E-state index is 5.44. The molecular formula is C15H23N3S. The first kappa shape index (κ1) is 14.1. The number of rotatable bonds is 3. The minimum Gasteiger partial charge on any atom is -0.368 e. The molecule has 0 atom stereocenters. The fraction of sp³-hybridized carbons (Fsp3) is 0.533. The van der Waals surface area contributed by atoms with Crippen LogP contribution in [0.25, 0.3) is 0 Å². The van der Waals surface area contributed by atoms with Crippen molar-refractivity contribution in [3.8, 4) is 0 Å². The number of piperazine rings is 1. The third kappa shape index (κ3) is 4.10. The van der Waals surface area contributed by atoms with Gasteiger partial charge in [-0.15, -0.1) is 0 Å². The number of anilines is 1. The molecule has 1 aliphatic rings. The molecule has 104 valence electrons. The standard InChI is InChI=1S/C15H23N3S/c1-13(2)12-16-15(19)18-10-8-17(9-11-18)14-6-4-3-5-7-14/h3-7,13H,8-12H2,1-2H3,(H,16,19). The molecular weight excluding hydrogens is 254 g/mol. The molecule has 1 saturated heterocycles. The zero-order valence-corrected chi connectivity index (χ0v) is 12.6. The highest BCUT2D eigenvalue weighted by molar-refractivity contribution is 7.80. The predicted molar refractivity (Wildman–Crippen MR) is 85.7 cm³/mol. The zero-order valence-electron chi connectivity index (χ0n) is 11.8. The molecule has 1 N–H and O–H groups in total. The molecule has 3 nitrogen and oxygen atoms in total. The van der Waals surface area contributed by atoms with E-state index in [4.69, 9.17) is 12.2 Å². The normalized spacial score (nSPS) is 15.7. The number of nitrogens with zero attached hydrogens (tertiary/aromatic N) is 2. The average molecular weight is 277 g/mol. The Morgan fingerprint density at radius 1 is 1.16 bits per heavy atom. The minimum atomic E-state index is 0.628. The minimum absolute atomic E-state index is 0.628. The predicted octanol–water partition coefficient (Wildman–Crippen LogP) is 2.34. The summed E-state index contributed by atoms with van der Waals surface area (Å²) in [5.41, 5.74) is 1.31. The topological polar surface area (TPSA) is 18.5 Å². The Morgan fingerprint density at radius 3 is 2.37 bits per heavy atom. The second-order valence-electron chi connectivity index (χ2n) is 5.39. The lowest BCUT2D eigenvalue weighted by Crippen LogP contribution is -2.52. The van der Waals surface area contributed by atoms with Crippen LogP contribution >= 0.6 is 12.2 Å². The van der Waals surface area contributed by atoms with E-state index in [1.807, 2.05) is 0 Å². The lowest BCUT2D eigenvalue weighted by molar-refractivity contribution is 0.378. The van der Waals surface area contributed by atoms with Crippen LogP contribution < -0.4 is 10.2 Å². The van der Waals surface area contributed by atoms with Crippen molar-refractivity contribution < 1.29 is 0 Å². The van der Waals surface area contributed by atoms with Gasteiger partial charge in [-0.25, -0.2) is 0 Å². The van der Waals surface area contributed by atoms with Crippen molar-refractivity contribution in [2.45, 2.75) is 13.8 Å². The summed E-state index contributed by atoms with van der Waals surface area (Å²) in [6.07, 6.45) is 0. The molecule has 4 heteroatoms. The van der Waals surface area contributed by atoms with E-state index in [1.165, 1.54) is 5.69 Å². The number of benzene rings is 1. The van der Waals surface area contributed by atoms with Gasteiger partial charge >= 0.3 is 0 Å². The second kappa shape index (κ2) is 6.75. The number of hydrogen-bond donors (Lipinski definition) is 1. The van der Waals surface area contributed by atoms with Crippen LogP contribution in [-0.4, -0.2) is 42.7 Å². The Labute approximate surface area is 121 Å². The van der Waals surface area contributed by atoms with E-state index < -0.39 is 0 Å². The maximum atomic E-state index is 5.44. The van der Waals surface area contributed by atoms with Crippen LogP contribution in [0.5, 0.6) is 0 Å². The Morgan fingerprint density at radius 2 is 1.79 bits per heavy atom. The van der Waals surface area contributed by atoms with Gasteiger partial charge in [-0.3, -0.25) is 0 Å². The van der Waals surface area contributed by atoms with Gasteiger partial charge in [0.25, 0.3) is 0 Å². The molecule has 0 aliphatic carbocycles. The second-order valence-corrected chi connectivity index (χ2v) is 5.78. The smallest absolute Gasteiger partial charge is 0.169 e. The first-order valence-electron chi connectivity index (χ1n) is 6.99. The molecule has 1 fully saturated rings. The molecule has 0 spiro atoms. The van der Waals surface area contributed by atoms with E-state index in [9.17, 15) is 0 Å². The molecule has 0 saturated carbocycles. The molecule has 0 aromatic heterocycles. The third-order valence-electron chi connectivity index (χ3n) is 3.35. The fourth-order valence-electron chi connectivity index (χ4n) is 2.21. The number of thiocarbonyl (C=S) groups is 1. The van der Waals surface area contributed by atoms with Gasteiger partial charge in [0.1, 0.15) is 0 Å². The van der Waals surface area contributed by atoms with E-state index in [1.54, 1.807) is 0 Å². The molecule has 0 amide bonds. The van der Waals surface area contributed by atoms with Crippen molar-refractivity contribution in [1.82, 2.24) is 10.2 Å². The number of nitrogens with one attached hydrogen (secondary N) is 1. The molecule has 19 heavy (non-hydrogen) atoms. The number of para-hydroxylation sites is 1. The molecule has 0 unspecified atom stereocenters. The van der Waals surface area contributed by atoms with E-state index in [2.05, 4.69) is 59.3 Å². The van der Waals surface area contributed by atoms with Crippen LogP contribution in [0.4, 0.5) is 5.69 Å². The first-order valence-corrected chi connectivity index (χ1v) is 7.40. The van der Waals surface area contributed by atoms with Crippen molar-refractivity contribution in [1.29, 1.82) is 0 Å². The zero-order chi connectivity index (χ0) is 13.7. The van der Waals surface area contributed by atoms with Crippen molar-refractivity contribution >= 4 is 23.0 Å². The van der Waals surface area contributed by atoms with Gasteiger partial charge in [-0.1, -0.05) is 32.0 Å². The summed E-state index contributed by atoms with van der Waals surface area (Å²) in [4.78, 5) is 4.69. The summed E-state index contributed by atoms with van der Waals surface area (Å²) in [6.45, 7) is 9.42. The summed E-state index contributed by atoms with van der Waals surface area (Å²) in [6, 6.07) is 10.6. The van der Waals surface area contributed by atoms with Crippen molar-refractivity contribution in [2.75, 3.05) is 37.6 Å². The Balaban J connectivity index is 1.81. The molecule has 1 aromatic carbocycles. The van der Waals surface area contributed by atoms with Crippen LogP contribution in [-0.2, 0) is 0 Å². The average Bonchev–Trinajstić information content (AvgIpc) is 2.46. The van der Waals surface area contributed by atoms with Gasteiger partial charge in [0.05, 0.1) is 0 Å². The third-order valence-corrected chi connectivity index (χ3v) is 3.75. The monoisotopic (exact) mass is 277 g/mol. The molecule has 2 rings (SSSR count). The van der Waals surface area contributed by atoms with E-state index in [-0.39, 0.29) is 0 Å². The molecule has 1 aliphatic heterocycles. The van der Waals surface area contributed by atoms with Crippen LogP contribution in [0.1, 0.15) is 13.8 Å². The van der Waals surface area contributed by atoms with Crippen LogP contribution in [0, 0.1) is 5.92 Å². The van der Waals surface area contributed by atoms with E-state index in [0.29, 0.717) is 5.92 Å². The summed E-state index contributed by atoms with van der Waals surface area (Å²) < 4.78 is 0. The van der Waals surface area contributed by atoms with Gasteiger partial charge in [0.2, 0.25) is 0 Å². The Bertz CT molecular complexity index is 397. The molecule has 1 heterocycles. The maximum Gasteiger partial charge on any atom is 0.169 e. The summed E-state index contributed by atoms with van der Waals surface area (Å²) in [7, 11) is 0. The SMILES string of the molecule is CC(C)CNC(=S)N1CCN(c2ccccc2)CC1. The lowest BCUT2D eigenvalue weighted by Gasteiger charge is -2.37. The van der Waals surface area contributed by atoms with Gasteiger partial charge in [0.15, 0.2) is 5.11 Å². The summed E-state index contributed by atoms with van der Waals surface area (Å²) in [5.74, 6) is 0.628. The van der Waals surface area contributed by atoms with Crippen LogP contribution in [0.15, 0.2) is 30.3 Å². The summed E-state index contributed by atoms with van der Waals surface area (Å²) in [5, 5.41) is 4.25. The van der Waals surface area contributed by atoms with Crippen molar-refractivity contribution in [2.24, 2.45) is 5.92 Å². The van der Waals surface area contributed by atoms with Crippen LogP contribution in [0.3, 0.4) is 0 Å². The highest BCUT2D eigenvalue weighted by Crippen LogP contribution is 2.15. The first-order chi connectivity index (χ1) is 9.16. The quantitative estimate of drug-likeness (QED) is 0.855.